The first-order valence-corrected chi connectivity index (χ1v) is 8.90. The summed E-state index contributed by atoms with van der Waals surface area (Å²) in [6, 6.07) is 4.25. The van der Waals surface area contributed by atoms with Gasteiger partial charge in [-0.15, -0.1) is 12.4 Å². The summed E-state index contributed by atoms with van der Waals surface area (Å²) in [7, 11) is -1.06. The largest absolute Gasteiger partial charge is 0.495 e. The number of hydrogen-bond donors (Lipinski definition) is 3. The van der Waals surface area contributed by atoms with Crippen LogP contribution >= 0.6 is 12.4 Å². The maximum absolute atomic E-state index is 12.3. The molecule has 138 valence electrons. The summed E-state index contributed by atoms with van der Waals surface area (Å²) < 4.78 is 31.3. The van der Waals surface area contributed by atoms with Crippen molar-refractivity contribution in [1.82, 2.24) is 10.0 Å². The zero-order chi connectivity index (χ0) is 17.7. The third-order valence-corrected chi connectivity index (χ3v) is 5.43. The van der Waals surface area contributed by atoms with E-state index >= 15 is 0 Å². The van der Waals surface area contributed by atoms with E-state index in [1.54, 1.807) is 0 Å². The van der Waals surface area contributed by atoms with E-state index in [9.17, 15) is 13.2 Å². The van der Waals surface area contributed by atoms with E-state index < -0.39 is 15.6 Å². The fourth-order valence-corrected chi connectivity index (χ4v) is 2.91. The number of nitrogens with one attached hydrogen (secondary N) is 2. The predicted molar refractivity (Wildman–Crippen MR) is 96.3 cm³/mol. The number of benzene rings is 1. The molecule has 9 heteroatoms. The first-order valence-electron chi connectivity index (χ1n) is 7.41. The average Bonchev–Trinajstić information content (AvgIpc) is 2.58. The molecule has 0 saturated heterocycles. The highest BCUT2D eigenvalue weighted by Crippen LogP contribution is 2.24. The Morgan fingerprint density at radius 2 is 1.88 bits per heavy atom. The number of hydrogen-bond acceptors (Lipinski definition) is 5. The van der Waals surface area contributed by atoms with Crippen LogP contribution in [0.5, 0.6) is 5.75 Å². The van der Waals surface area contributed by atoms with Gasteiger partial charge >= 0.3 is 0 Å². The molecule has 0 saturated carbocycles. The summed E-state index contributed by atoms with van der Waals surface area (Å²) in [5.41, 5.74) is 5.91. The Hall–Kier alpha value is -1.35. The van der Waals surface area contributed by atoms with Crippen LogP contribution in [0.1, 0.15) is 37.0 Å². The van der Waals surface area contributed by atoms with Crippen LogP contribution in [-0.4, -0.2) is 40.6 Å². The molecule has 7 nitrogen and oxygen atoms in total. The second kappa shape index (κ2) is 9.22. The zero-order valence-electron chi connectivity index (χ0n) is 14.4. The molecular formula is C15H26ClN3O4S. The maximum atomic E-state index is 12.3. The van der Waals surface area contributed by atoms with Crippen LogP contribution < -0.4 is 20.5 Å². The van der Waals surface area contributed by atoms with Crippen molar-refractivity contribution < 1.29 is 17.9 Å². The quantitative estimate of drug-likeness (QED) is 0.630. The average molecular weight is 380 g/mol. The lowest BCUT2D eigenvalue weighted by molar-refractivity contribution is 0.0942. The third-order valence-electron chi connectivity index (χ3n) is 3.99. The van der Waals surface area contributed by atoms with Crippen LogP contribution in [0.2, 0.25) is 0 Å². The third kappa shape index (κ3) is 5.34. The standard InChI is InChI=1S/C15H25N3O4S.ClH/c1-5-15(16,6-2)10-18-14(19)11-7-8-12(22-4)13(9-11)23(20,21)17-3;/h7-9,17H,5-6,10,16H2,1-4H3,(H,18,19);1H. The lowest BCUT2D eigenvalue weighted by atomic mass is 9.94. The fraction of sp³-hybridized carbons (Fsp3) is 0.533. The van der Waals surface area contributed by atoms with Crippen LogP contribution in [0, 0.1) is 0 Å². The molecule has 1 rings (SSSR count). The molecule has 0 heterocycles. The number of carbonyl (C=O) groups excluding carboxylic acids is 1. The fourth-order valence-electron chi connectivity index (χ4n) is 2.00. The van der Waals surface area contributed by atoms with Gasteiger partial charge in [0.05, 0.1) is 7.11 Å². The second-order valence-corrected chi connectivity index (χ2v) is 7.18. The van der Waals surface area contributed by atoms with Gasteiger partial charge in [0.25, 0.3) is 5.91 Å². The van der Waals surface area contributed by atoms with Crippen LogP contribution in [0.4, 0.5) is 0 Å². The Balaban J connectivity index is 0.00000529. The zero-order valence-corrected chi connectivity index (χ0v) is 16.0. The smallest absolute Gasteiger partial charge is 0.251 e. The SMILES string of the molecule is CCC(N)(CC)CNC(=O)c1ccc(OC)c(S(=O)(=O)NC)c1.Cl. The highest BCUT2D eigenvalue weighted by Gasteiger charge is 2.23. The Labute approximate surface area is 149 Å². The van der Waals surface area contributed by atoms with E-state index in [1.165, 1.54) is 32.4 Å². The molecule has 0 aliphatic carbocycles. The van der Waals surface area contributed by atoms with Crippen molar-refractivity contribution in [3.63, 3.8) is 0 Å². The molecule has 0 radical (unpaired) electrons. The molecule has 0 fully saturated rings. The molecule has 0 atom stereocenters. The Kier molecular flexibility index (Phi) is 8.70. The van der Waals surface area contributed by atoms with Crippen molar-refractivity contribution in [2.75, 3.05) is 20.7 Å². The molecule has 0 aromatic heterocycles. The van der Waals surface area contributed by atoms with Gasteiger partial charge in [0.1, 0.15) is 10.6 Å². The minimum atomic E-state index is -3.73. The second-order valence-electron chi connectivity index (χ2n) is 5.33. The normalized spacial score (nSPS) is 11.5. The van der Waals surface area contributed by atoms with Crippen molar-refractivity contribution in [2.24, 2.45) is 5.73 Å². The summed E-state index contributed by atoms with van der Waals surface area (Å²) in [5.74, 6) is -0.205. The topological polar surface area (TPSA) is 111 Å². The van der Waals surface area contributed by atoms with Gasteiger partial charge in [0.15, 0.2) is 0 Å². The molecule has 1 aromatic rings. The first kappa shape index (κ1) is 22.6. The summed E-state index contributed by atoms with van der Waals surface area (Å²) in [6.07, 6.45) is 1.46. The van der Waals surface area contributed by atoms with Crippen molar-refractivity contribution in [3.8, 4) is 5.75 Å². The van der Waals surface area contributed by atoms with Crippen LogP contribution in [0.25, 0.3) is 0 Å². The van der Waals surface area contributed by atoms with Crippen molar-refractivity contribution >= 4 is 28.3 Å². The van der Waals surface area contributed by atoms with Crippen molar-refractivity contribution in [1.29, 1.82) is 0 Å². The van der Waals surface area contributed by atoms with Crippen LogP contribution in [0.15, 0.2) is 23.1 Å². The minimum absolute atomic E-state index is 0. The van der Waals surface area contributed by atoms with E-state index in [2.05, 4.69) is 10.0 Å². The summed E-state index contributed by atoms with van der Waals surface area (Å²) in [5, 5.41) is 2.76. The highest BCUT2D eigenvalue weighted by atomic mass is 35.5. The molecule has 0 spiro atoms. The molecule has 0 aliphatic rings. The molecule has 1 aromatic carbocycles. The minimum Gasteiger partial charge on any atom is -0.495 e. The molecule has 4 N–H and O–H groups in total. The maximum Gasteiger partial charge on any atom is 0.251 e. The molecule has 1 amide bonds. The van der Waals surface area contributed by atoms with E-state index in [4.69, 9.17) is 10.5 Å². The first-order chi connectivity index (χ1) is 10.7. The van der Waals surface area contributed by atoms with Gasteiger partial charge in [0, 0.05) is 17.6 Å². The molecule has 24 heavy (non-hydrogen) atoms. The van der Waals surface area contributed by atoms with Crippen molar-refractivity contribution in [2.45, 2.75) is 37.1 Å². The van der Waals surface area contributed by atoms with E-state index in [1.807, 2.05) is 13.8 Å². The van der Waals surface area contributed by atoms with Gasteiger partial charge in [-0.05, 0) is 38.1 Å². The number of carbonyl (C=O) groups is 1. The highest BCUT2D eigenvalue weighted by molar-refractivity contribution is 7.89. The van der Waals surface area contributed by atoms with E-state index in [0.29, 0.717) is 6.54 Å². The number of halogens is 1. The summed E-state index contributed by atoms with van der Waals surface area (Å²) in [4.78, 5) is 12.2. The van der Waals surface area contributed by atoms with Gasteiger partial charge < -0.3 is 15.8 Å². The number of rotatable bonds is 8. The van der Waals surface area contributed by atoms with Gasteiger partial charge in [-0.2, -0.15) is 0 Å². The Bertz CT molecular complexity index is 661. The summed E-state index contributed by atoms with van der Waals surface area (Å²) >= 11 is 0. The molecule has 0 bridgehead atoms. The van der Waals surface area contributed by atoms with Gasteiger partial charge in [-0.1, -0.05) is 13.8 Å². The Morgan fingerprint density at radius 1 is 1.29 bits per heavy atom. The van der Waals surface area contributed by atoms with Crippen LogP contribution in [-0.2, 0) is 10.0 Å². The molecule has 0 aliphatic heterocycles. The van der Waals surface area contributed by atoms with E-state index in [0.717, 1.165) is 12.8 Å². The monoisotopic (exact) mass is 379 g/mol. The van der Waals surface area contributed by atoms with Gasteiger partial charge in [0.2, 0.25) is 10.0 Å². The van der Waals surface area contributed by atoms with Gasteiger partial charge in [-0.3, -0.25) is 4.79 Å². The molecule has 0 unspecified atom stereocenters. The molecular weight excluding hydrogens is 354 g/mol. The van der Waals surface area contributed by atoms with Crippen molar-refractivity contribution in [3.05, 3.63) is 23.8 Å². The summed E-state index contributed by atoms with van der Waals surface area (Å²) in [6.45, 7) is 4.24. The lowest BCUT2D eigenvalue weighted by Gasteiger charge is -2.26. The van der Waals surface area contributed by atoms with Gasteiger partial charge in [-0.25, -0.2) is 13.1 Å². The lowest BCUT2D eigenvalue weighted by Crippen LogP contribution is -2.49. The predicted octanol–water partition coefficient (Wildman–Crippen LogP) is 1.27. The number of methoxy groups -OCH3 is 1. The number of sulfonamides is 1. The number of ether oxygens (including phenoxy) is 1. The number of amides is 1. The number of nitrogens with two attached hydrogens (primary N) is 1. The van der Waals surface area contributed by atoms with E-state index in [-0.39, 0.29) is 34.5 Å². The Morgan fingerprint density at radius 3 is 2.33 bits per heavy atom. The van der Waals surface area contributed by atoms with Crippen LogP contribution in [0.3, 0.4) is 0 Å².